The fourth-order valence-electron chi connectivity index (χ4n) is 2.58. The smallest absolute Gasteiger partial charge is 0.134 e. The Kier molecular flexibility index (Phi) is 4.46. The van der Waals surface area contributed by atoms with Crippen molar-refractivity contribution in [3.8, 4) is 0 Å². The zero-order chi connectivity index (χ0) is 15.5. The zero-order valence-corrected chi connectivity index (χ0v) is 13.5. The Hall–Kier alpha value is -1.84. The van der Waals surface area contributed by atoms with Crippen LogP contribution in [0.4, 0.5) is 0 Å². The van der Waals surface area contributed by atoms with Crippen LogP contribution >= 0.6 is 11.6 Å². The van der Waals surface area contributed by atoms with E-state index in [1.165, 1.54) is 0 Å². The standard InChI is InChI=1S/C18H19ClN2O/c1-12-5-3-6-14-10-15(18(19)21-17(12)14)11-20-13(2)9-16-7-4-8-22-16/h3-8,10,13,20H,9,11H2,1-2H3/t13-/m0/s1. The zero-order valence-electron chi connectivity index (χ0n) is 12.8. The third kappa shape index (κ3) is 3.32. The summed E-state index contributed by atoms with van der Waals surface area (Å²) in [4.78, 5) is 4.54. The van der Waals surface area contributed by atoms with Crippen LogP contribution in [0.1, 0.15) is 23.8 Å². The molecule has 3 nitrogen and oxygen atoms in total. The number of rotatable bonds is 5. The van der Waals surface area contributed by atoms with E-state index in [1.807, 2.05) is 18.2 Å². The maximum atomic E-state index is 6.33. The van der Waals surface area contributed by atoms with E-state index in [2.05, 4.69) is 42.3 Å². The summed E-state index contributed by atoms with van der Waals surface area (Å²) >= 11 is 6.33. The van der Waals surface area contributed by atoms with Gasteiger partial charge in [0.15, 0.2) is 0 Å². The lowest BCUT2D eigenvalue weighted by Gasteiger charge is -2.14. The molecule has 0 amide bonds. The van der Waals surface area contributed by atoms with Crippen molar-refractivity contribution in [3.63, 3.8) is 0 Å². The van der Waals surface area contributed by atoms with Gasteiger partial charge in [0, 0.05) is 30.0 Å². The minimum atomic E-state index is 0.301. The highest BCUT2D eigenvalue weighted by Crippen LogP contribution is 2.23. The van der Waals surface area contributed by atoms with Crippen LogP contribution in [0.2, 0.25) is 5.15 Å². The lowest BCUT2D eigenvalue weighted by molar-refractivity contribution is 0.456. The van der Waals surface area contributed by atoms with Gasteiger partial charge in [-0.1, -0.05) is 29.8 Å². The first-order chi connectivity index (χ1) is 10.6. The van der Waals surface area contributed by atoms with E-state index in [-0.39, 0.29) is 0 Å². The number of benzene rings is 1. The van der Waals surface area contributed by atoms with E-state index >= 15 is 0 Å². The molecule has 0 spiro atoms. The van der Waals surface area contributed by atoms with Gasteiger partial charge in [0.05, 0.1) is 11.8 Å². The number of hydrogen-bond donors (Lipinski definition) is 1. The first-order valence-corrected chi connectivity index (χ1v) is 7.82. The van der Waals surface area contributed by atoms with Crippen molar-refractivity contribution in [2.24, 2.45) is 0 Å². The maximum Gasteiger partial charge on any atom is 0.134 e. The van der Waals surface area contributed by atoms with Crippen LogP contribution in [-0.2, 0) is 13.0 Å². The Balaban J connectivity index is 1.72. The van der Waals surface area contributed by atoms with Crippen LogP contribution in [0.15, 0.2) is 47.1 Å². The second-order valence-corrected chi connectivity index (χ2v) is 6.01. The molecular formula is C18H19ClN2O. The fraction of sp³-hybridized carbons (Fsp3) is 0.278. The van der Waals surface area contributed by atoms with Crippen LogP contribution in [0.3, 0.4) is 0 Å². The Labute approximate surface area is 135 Å². The van der Waals surface area contributed by atoms with Crippen molar-refractivity contribution in [2.75, 3.05) is 0 Å². The summed E-state index contributed by atoms with van der Waals surface area (Å²) in [6, 6.07) is 12.5. The van der Waals surface area contributed by atoms with Gasteiger partial charge in [0.2, 0.25) is 0 Å². The number of fused-ring (bicyclic) bond motifs is 1. The molecule has 2 heterocycles. The molecule has 0 unspecified atom stereocenters. The number of nitrogens with one attached hydrogen (secondary N) is 1. The number of nitrogens with zero attached hydrogens (tertiary/aromatic N) is 1. The molecule has 0 radical (unpaired) electrons. The second-order valence-electron chi connectivity index (χ2n) is 5.65. The van der Waals surface area contributed by atoms with Crippen LogP contribution in [0.25, 0.3) is 10.9 Å². The molecule has 3 aromatic rings. The van der Waals surface area contributed by atoms with Gasteiger partial charge < -0.3 is 9.73 Å². The third-order valence-corrected chi connectivity index (χ3v) is 4.13. The molecule has 1 aromatic carbocycles. The first-order valence-electron chi connectivity index (χ1n) is 7.44. The van der Waals surface area contributed by atoms with Gasteiger partial charge in [-0.05, 0) is 37.6 Å². The summed E-state index contributed by atoms with van der Waals surface area (Å²) in [6.07, 6.45) is 2.55. The summed E-state index contributed by atoms with van der Waals surface area (Å²) < 4.78 is 5.37. The lowest BCUT2D eigenvalue weighted by atomic mass is 10.1. The van der Waals surface area contributed by atoms with E-state index in [0.717, 1.165) is 34.2 Å². The van der Waals surface area contributed by atoms with Crippen LogP contribution < -0.4 is 5.32 Å². The first kappa shape index (κ1) is 15.1. The summed E-state index contributed by atoms with van der Waals surface area (Å²) in [7, 11) is 0. The number of hydrogen-bond acceptors (Lipinski definition) is 3. The maximum absolute atomic E-state index is 6.33. The highest BCUT2D eigenvalue weighted by molar-refractivity contribution is 6.30. The molecule has 0 fully saturated rings. The molecule has 114 valence electrons. The minimum absolute atomic E-state index is 0.301. The van der Waals surface area contributed by atoms with E-state index < -0.39 is 0 Å². The monoisotopic (exact) mass is 314 g/mol. The summed E-state index contributed by atoms with van der Waals surface area (Å²) in [5.74, 6) is 0.985. The van der Waals surface area contributed by atoms with Crippen molar-refractivity contribution < 1.29 is 4.42 Å². The van der Waals surface area contributed by atoms with Crippen LogP contribution in [0, 0.1) is 6.92 Å². The molecule has 22 heavy (non-hydrogen) atoms. The molecule has 0 saturated carbocycles. The van der Waals surface area contributed by atoms with Crippen molar-refractivity contribution in [1.29, 1.82) is 0 Å². The topological polar surface area (TPSA) is 38.1 Å². The fourth-order valence-corrected chi connectivity index (χ4v) is 2.78. The van der Waals surface area contributed by atoms with E-state index in [0.29, 0.717) is 17.7 Å². The molecule has 2 aromatic heterocycles. The van der Waals surface area contributed by atoms with Crippen molar-refractivity contribution in [1.82, 2.24) is 10.3 Å². The number of halogens is 1. The van der Waals surface area contributed by atoms with E-state index in [1.54, 1.807) is 6.26 Å². The van der Waals surface area contributed by atoms with Gasteiger partial charge in [-0.3, -0.25) is 0 Å². The Morgan fingerprint density at radius 2 is 2.14 bits per heavy atom. The predicted molar refractivity (Wildman–Crippen MR) is 90.2 cm³/mol. The largest absolute Gasteiger partial charge is 0.469 e. The van der Waals surface area contributed by atoms with Gasteiger partial charge >= 0.3 is 0 Å². The summed E-state index contributed by atoms with van der Waals surface area (Å²) in [5.41, 5.74) is 3.14. The van der Waals surface area contributed by atoms with Crippen LogP contribution in [0.5, 0.6) is 0 Å². The summed E-state index contributed by atoms with van der Waals surface area (Å²) in [5, 5.41) is 5.17. The van der Waals surface area contributed by atoms with Crippen molar-refractivity contribution >= 4 is 22.5 Å². The Bertz CT molecular complexity index is 768. The normalized spacial score (nSPS) is 12.7. The van der Waals surface area contributed by atoms with Crippen LogP contribution in [-0.4, -0.2) is 11.0 Å². The average Bonchev–Trinajstić information content (AvgIpc) is 2.99. The van der Waals surface area contributed by atoms with Gasteiger partial charge in [0.25, 0.3) is 0 Å². The molecule has 1 N–H and O–H groups in total. The highest BCUT2D eigenvalue weighted by atomic mass is 35.5. The second kappa shape index (κ2) is 6.51. The quantitative estimate of drug-likeness (QED) is 0.704. The predicted octanol–water partition coefficient (Wildman–Crippen LogP) is 4.51. The molecule has 0 aliphatic rings. The molecule has 4 heteroatoms. The van der Waals surface area contributed by atoms with E-state index in [9.17, 15) is 0 Å². The Morgan fingerprint density at radius 1 is 1.27 bits per heavy atom. The number of pyridine rings is 1. The third-order valence-electron chi connectivity index (χ3n) is 3.80. The lowest BCUT2D eigenvalue weighted by Crippen LogP contribution is -2.27. The Morgan fingerprint density at radius 3 is 2.91 bits per heavy atom. The average molecular weight is 315 g/mol. The van der Waals surface area contributed by atoms with Crippen molar-refractivity contribution in [2.45, 2.75) is 32.9 Å². The molecular weight excluding hydrogens is 296 g/mol. The molecule has 0 bridgehead atoms. The van der Waals surface area contributed by atoms with Gasteiger partial charge in [-0.15, -0.1) is 0 Å². The SMILES string of the molecule is Cc1cccc2cc(CN[C@@H](C)Cc3ccco3)c(Cl)nc12. The van der Waals surface area contributed by atoms with Gasteiger partial charge in [-0.25, -0.2) is 4.98 Å². The number of aryl methyl sites for hydroxylation is 1. The molecule has 3 rings (SSSR count). The minimum Gasteiger partial charge on any atom is -0.469 e. The van der Waals surface area contributed by atoms with Gasteiger partial charge in [-0.2, -0.15) is 0 Å². The van der Waals surface area contributed by atoms with Gasteiger partial charge in [0.1, 0.15) is 10.9 Å². The summed E-state index contributed by atoms with van der Waals surface area (Å²) in [6.45, 7) is 4.88. The number of para-hydroxylation sites is 1. The molecule has 0 aliphatic heterocycles. The highest BCUT2D eigenvalue weighted by Gasteiger charge is 2.09. The van der Waals surface area contributed by atoms with E-state index in [4.69, 9.17) is 16.0 Å². The molecule has 0 saturated heterocycles. The molecule has 1 atom stereocenters. The number of aromatic nitrogens is 1. The molecule has 0 aliphatic carbocycles. The number of furan rings is 1. The van der Waals surface area contributed by atoms with Crippen molar-refractivity contribution in [3.05, 3.63) is 64.7 Å².